The summed E-state index contributed by atoms with van der Waals surface area (Å²) in [7, 11) is 0. The topological polar surface area (TPSA) is 67.6 Å². The van der Waals surface area contributed by atoms with Gasteiger partial charge < -0.3 is 5.73 Å². The summed E-state index contributed by atoms with van der Waals surface area (Å²) in [6.07, 6.45) is 3.49. The number of hydrogen-bond donors (Lipinski definition) is 2. The summed E-state index contributed by atoms with van der Waals surface area (Å²) in [6, 6.07) is 9.96. The lowest BCUT2D eigenvalue weighted by molar-refractivity contribution is 1.10. The van der Waals surface area contributed by atoms with Crippen LogP contribution in [-0.4, -0.2) is 15.2 Å². The fourth-order valence-electron chi connectivity index (χ4n) is 2.20. The Labute approximate surface area is 125 Å². The number of hydrogen-bond acceptors (Lipinski definition) is 3. The molecule has 5 heteroatoms. The van der Waals surface area contributed by atoms with Crippen molar-refractivity contribution < 1.29 is 0 Å². The Morgan fingerprint density at radius 2 is 1.90 bits per heavy atom. The molecule has 0 saturated carbocycles. The van der Waals surface area contributed by atoms with Crippen LogP contribution in [-0.2, 0) is 0 Å². The number of aromatic amines is 1. The van der Waals surface area contributed by atoms with Gasteiger partial charge in [0.1, 0.15) is 0 Å². The zero-order valence-corrected chi connectivity index (χ0v) is 12.5. The van der Waals surface area contributed by atoms with E-state index in [9.17, 15) is 0 Å². The van der Waals surface area contributed by atoms with Gasteiger partial charge in [0.05, 0.1) is 11.3 Å². The molecule has 1 aromatic carbocycles. The molecule has 2 aromatic heterocycles. The molecule has 0 aliphatic heterocycles. The Hall–Kier alpha value is -2.14. The van der Waals surface area contributed by atoms with Crippen LogP contribution in [0.2, 0.25) is 0 Å². The minimum Gasteiger partial charge on any atom is -0.382 e. The maximum absolute atomic E-state index is 6.02. The van der Waals surface area contributed by atoms with Gasteiger partial charge in [-0.05, 0) is 46.1 Å². The van der Waals surface area contributed by atoms with Gasteiger partial charge in [0.25, 0.3) is 0 Å². The summed E-state index contributed by atoms with van der Waals surface area (Å²) in [5.41, 5.74) is 11.0. The summed E-state index contributed by atoms with van der Waals surface area (Å²) in [5, 5.41) is 7.18. The van der Waals surface area contributed by atoms with Gasteiger partial charge in [-0.2, -0.15) is 5.10 Å². The highest BCUT2D eigenvalue weighted by Gasteiger charge is 2.17. The van der Waals surface area contributed by atoms with Gasteiger partial charge in [0.2, 0.25) is 0 Å². The molecule has 0 radical (unpaired) electrons. The molecule has 0 spiro atoms. The number of benzene rings is 1. The number of nitrogens with two attached hydrogens (primary N) is 1. The number of nitrogen functional groups attached to an aromatic ring is 1. The van der Waals surface area contributed by atoms with Gasteiger partial charge >= 0.3 is 0 Å². The van der Waals surface area contributed by atoms with E-state index >= 15 is 0 Å². The van der Waals surface area contributed by atoms with Crippen molar-refractivity contribution in [3.8, 4) is 22.4 Å². The Bertz CT molecular complexity index is 750. The van der Waals surface area contributed by atoms with Crippen LogP contribution < -0.4 is 5.73 Å². The molecule has 3 N–H and O–H groups in total. The molecule has 3 rings (SSSR count). The molecule has 4 nitrogen and oxygen atoms in total. The standard InChI is InChI=1S/C15H13BrN4/c1-9-3-2-4-11(13(9)16)14-12(15(17)20-19-14)10-5-7-18-8-6-10/h2-8H,1H3,(H3,17,19,20). The van der Waals surface area contributed by atoms with E-state index in [1.807, 2.05) is 24.3 Å². The normalized spacial score (nSPS) is 10.7. The van der Waals surface area contributed by atoms with Crippen molar-refractivity contribution in [2.45, 2.75) is 6.92 Å². The fraction of sp³-hybridized carbons (Fsp3) is 0.0667. The lowest BCUT2D eigenvalue weighted by Crippen LogP contribution is -1.90. The van der Waals surface area contributed by atoms with Gasteiger partial charge in [0, 0.05) is 22.4 Å². The number of pyridine rings is 1. The third kappa shape index (κ3) is 2.10. The van der Waals surface area contributed by atoms with Crippen LogP contribution in [0, 0.1) is 6.92 Å². The van der Waals surface area contributed by atoms with Crippen molar-refractivity contribution in [1.29, 1.82) is 0 Å². The zero-order valence-electron chi connectivity index (χ0n) is 10.9. The first-order valence-electron chi connectivity index (χ1n) is 6.18. The second kappa shape index (κ2) is 5.09. The van der Waals surface area contributed by atoms with Crippen molar-refractivity contribution in [3.05, 3.63) is 52.8 Å². The van der Waals surface area contributed by atoms with E-state index in [0.717, 1.165) is 32.4 Å². The molecule has 0 aliphatic rings. The number of H-pyrrole nitrogens is 1. The third-order valence-electron chi connectivity index (χ3n) is 3.22. The quantitative estimate of drug-likeness (QED) is 0.752. The monoisotopic (exact) mass is 328 g/mol. The second-order valence-corrected chi connectivity index (χ2v) is 5.32. The summed E-state index contributed by atoms with van der Waals surface area (Å²) in [5.74, 6) is 0.486. The van der Waals surface area contributed by atoms with E-state index in [1.54, 1.807) is 12.4 Å². The molecule has 3 aromatic rings. The van der Waals surface area contributed by atoms with E-state index in [2.05, 4.69) is 44.1 Å². The van der Waals surface area contributed by atoms with Crippen molar-refractivity contribution in [2.75, 3.05) is 5.73 Å². The average molecular weight is 329 g/mol. The lowest BCUT2D eigenvalue weighted by Gasteiger charge is -2.08. The first-order chi connectivity index (χ1) is 9.68. The molecule has 100 valence electrons. The first kappa shape index (κ1) is 12.9. The molecular formula is C15H13BrN4. The van der Waals surface area contributed by atoms with Crippen molar-refractivity contribution in [2.24, 2.45) is 0 Å². The van der Waals surface area contributed by atoms with E-state index in [4.69, 9.17) is 5.73 Å². The summed E-state index contributed by atoms with van der Waals surface area (Å²) < 4.78 is 1.04. The first-order valence-corrected chi connectivity index (χ1v) is 6.97. The minimum atomic E-state index is 0.486. The van der Waals surface area contributed by atoms with Gasteiger partial charge in [-0.1, -0.05) is 18.2 Å². The van der Waals surface area contributed by atoms with E-state index in [1.165, 1.54) is 0 Å². The van der Waals surface area contributed by atoms with Crippen molar-refractivity contribution in [1.82, 2.24) is 15.2 Å². The maximum Gasteiger partial charge on any atom is 0.153 e. The molecule has 0 atom stereocenters. The number of aromatic nitrogens is 3. The van der Waals surface area contributed by atoms with Gasteiger partial charge in [-0.25, -0.2) is 0 Å². The zero-order chi connectivity index (χ0) is 14.1. The van der Waals surface area contributed by atoms with Crippen molar-refractivity contribution in [3.63, 3.8) is 0 Å². The molecule has 2 heterocycles. The second-order valence-electron chi connectivity index (χ2n) is 4.53. The minimum absolute atomic E-state index is 0.486. The molecule has 20 heavy (non-hydrogen) atoms. The molecular weight excluding hydrogens is 316 g/mol. The third-order valence-corrected chi connectivity index (χ3v) is 4.28. The molecule has 0 bridgehead atoms. The summed E-state index contributed by atoms with van der Waals surface area (Å²) in [6.45, 7) is 2.05. The van der Waals surface area contributed by atoms with E-state index in [-0.39, 0.29) is 0 Å². The van der Waals surface area contributed by atoms with Gasteiger partial charge in [-0.15, -0.1) is 0 Å². The van der Waals surface area contributed by atoms with Crippen LogP contribution >= 0.6 is 15.9 Å². The molecule has 0 saturated heterocycles. The van der Waals surface area contributed by atoms with Gasteiger partial charge in [-0.3, -0.25) is 10.1 Å². The lowest BCUT2D eigenvalue weighted by atomic mass is 10.0. The Balaban J connectivity index is 2.24. The average Bonchev–Trinajstić information content (AvgIpc) is 2.84. The van der Waals surface area contributed by atoms with E-state index in [0.29, 0.717) is 5.82 Å². The van der Waals surface area contributed by atoms with Gasteiger partial charge in [0.15, 0.2) is 5.82 Å². The summed E-state index contributed by atoms with van der Waals surface area (Å²) >= 11 is 3.63. The number of rotatable bonds is 2. The highest BCUT2D eigenvalue weighted by atomic mass is 79.9. The van der Waals surface area contributed by atoms with Crippen LogP contribution in [0.25, 0.3) is 22.4 Å². The fourth-order valence-corrected chi connectivity index (χ4v) is 2.66. The smallest absolute Gasteiger partial charge is 0.153 e. The molecule has 0 fully saturated rings. The maximum atomic E-state index is 6.02. The number of nitrogens with one attached hydrogen (secondary N) is 1. The number of anilines is 1. The Kier molecular flexibility index (Phi) is 3.28. The predicted molar refractivity (Wildman–Crippen MR) is 84.1 cm³/mol. The highest BCUT2D eigenvalue weighted by molar-refractivity contribution is 9.10. The molecule has 0 unspecified atom stereocenters. The van der Waals surface area contributed by atoms with Crippen LogP contribution in [0.4, 0.5) is 5.82 Å². The SMILES string of the molecule is Cc1cccc(-c2[nH]nc(N)c2-c2ccncc2)c1Br. The highest BCUT2D eigenvalue weighted by Crippen LogP contribution is 2.38. The van der Waals surface area contributed by atoms with Crippen LogP contribution in [0.1, 0.15) is 5.56 Å². The molecule has 0 amide bonds. The summed E-state index contributed by atoms with van der Waals surface area (Å²) in [4.78, 5) is 4.04. The number of halogens is 1. The Morgan fingerprint density at radius 1 is 1.15 bits per heavy atom. The number of aryl methyl sites for hydroxylation is 1. The van der Waals surface area contributed by atoms with Crippen molar-refractivity contribution >= 4 is 21.7 Å². The largest absolute Gasteiger partial charge is 0.382 e. The van der Waals surface area contributed by atoms with Crippen LogP contribution in [0.3, 0.4) is 0 Å². The predicted octanol–water partition coefficient (Wildman–Crippen LogP) is 3.79. The molecule has 0 aliphatic carbocycles. The van der Waals surface area contributed by atoms with Crippen LogP contribution in [0.5, 0.6) is 0 Å². The van der Waals surface area contributed by atoms with Crippen LogP contribution in [0.15, 0.2) is 47.2 Å². The Morgan fingerprint density at radius 3 is 2.65 bits per heavy atom. The number of nitrogens with zero attached hydrogens (tertiary/aromatic N) is 2. The van der Waals surface area contributed by atoms with E-state index < -0.39 is 0 Å².